The summed E-state index contributed by atoms with van der Waals surface area (Å²) in [7, 11) is 0. The maximum absolute atomic E-state index is 13.9. The number of benzene rings is 4. The van der Waals surface area contributed by atoms with Crippen molar-refractivity contribution in [1.82, 2.24) is 0 Å². The Balaban J connectivity index is 1.56. The average molecular weight is 556 g/mol. The molecule has 184 valence electrons. The first kappa shape index (κ1) is 24.6. The number of halogens is 1. The van der Waals surface area contributed by atoms with E-state index in [0.29, 0.717) is 11.3 Å². The molecular weight excluding hydrogens is 534 g/mol. The second-order valence-electron chi connectivity index (χ2n) is 9.05. The van der Waals surface area contributed by atoms with Crippen molar-refractivity contribution in [3.8, 4) is 0 Å². The molecule has 1 heterocycles. The minimum Gasteiger partial charge on any atom is -0.453 e. The van der Waals surface area contributed by atoms with Crippen molar-refractivity contribution < 1.29 is 23.9 Å². The molecule has 0 unspecified atom stereocenters. The van der Waals surface area contributed by atoms with Crippen molar-refractivity contribution in [1.29, 1.82) is 0 Å². The van der Waals surface area contributed by atoms with Crippen LogP contribution in [0.3, 0.4) is 0 Å². The summed E-state index contributed by atoms with van der Waals surface area (Å²) in [6.07, 6.45) is -1.21. The zero-order valence-corrected chi connectivity index (χ0v) is 21.7. The Hall–Kier alpha value is -4.10. The fraction of sp³-hybridized carbons (Fsp3) is 0.133. The number of ketones is 2. The topological polar surface area (TPSA) is 89.5 Å². The van der Waals surface area contributed by atoms with Crippen LogP contribution in [-0.2, 0) is 14.3 Å². The van der Waals surface area contributed by atoms with Gasteiger partial charge in [0.25, 0.3) is 5.91 Å². The van der Waals surface area contributed by atoms with Crippen LogP contribution in [0.1, 0.15) is 43.5 Å². The number of carbonyl (C=O) groups is 4. The normalized spacial score (nSPS) is 15.1. The highest BCUT2D eigenvalue weighted by molar-refractivity contribution is 9.10. The van der Waals surface area contributed by atoms with E-state index in [4.69, 9.17) is 4.74 Å². The van der Waals surface area contributed by atoms with E-state index in [2.05, 4.69) is 21.2 Å². The molecule has 7 heteroatoms. The number of nitrogens with one attached hydrogen (secondary N) is 1. The SMILES string of the molecule is Cc1cc(Br)cc(C)c1NC(=O)C(=O)[C@H](C(=O)c1ccc2ccccc2c1)[C@@H]1OC(=O)c2ccccc21. The number of esters is 1. The van der Waals surface area contributed by atoms with E-state index < -0.39 is 35.5 Å². The maximum atomic E-state index is 13.9. The number of hydrogen-bond acceptors (Lipinski definition) is 5. The van der Waals surface area contributed by atoms with Gasteiger partial charge in [-0.25, -0.2) is 4.79 Å². The van der Waals surface area contributed by atoms with E-state index in [1.807, 2.05) is 50.2 Å². The van der Waals surface area contributed by atoms with Crippen LogP contribution in [0.2, 0.25) is 0 Å². The van der Waals surface area contributed by atoms with E-state index in [-0.39, 0.29) is 11.1 Å². The number of aryl methyl sites for hydroxylation is 2. The highest BCUT2D eigenvalue weighted by atomic mass is 79.9. The number of carbonyl (C=O) groups excluding carboxylic acids is 4. The minimum atomic E-state index is -1.55. The van der Waals surface area contributed by atoms with Gasteiger partial charge in [-0.05, 0) is 60.0 Å². The standard InChI is InChI=1S/C30H22BrNO5/c1-16-13-21(31)14-17(2)25(16)32-29(35)27(34)24(28-22-9-5-6-10-23(22)30(36)37-28)26(33)20-12-11-18-7-3-4-8-19(18)15-20/h3-15,24,28H,1-2H3,(H,32,35)/t24-,28+/m0/s1. The predicted octanol–water partition coefficient (Wildman–Crippen LogP) is 6.14. The van der Waals surface area contributed by atoms with E-state index in [1.54, 1.807) is 42.5 Å². The summed E-state index contributed by atoms with van der Waals surface area (Å²) in [5.41, 5.74) is 2.93. The van der Waals surface area contributed by atoms with Crippen molar-refractivity contribution in [2.75, 3.05) is 5.32 Å². The van der Waals surface area contributed by atoms with Gasteiger partial charge < -0.3 is 10.1 Å². The van der Waals surface area contributed by atoms with E-state index >= 15 is 0 Å². The molecule has 0 saturated heterocycles. The lowest BCUT2D eigenvalue weighted by atomic mass is 9.84. The summed E-state index contributed by atoms with van der Waals surface area (Å²) >= 11 is 3.42. The smallest absolute Gasteiger partial charge is 0.339 e. The quantitative estimate of drug-likeness (QED) is 0.133. The van der Waals surface area contributed by atoms with Crippen LogP contribution in [0.25, 0.3) is 10.8 Å². The van der Waals surface area contributed by atoms with Gasteiger partial charge in [-0.15, -0.1) is 0 Å². The Bertz CT molecular complexity index is 1590. The summed E-state index contributed by atoms with van der Waals surface area (Å²) in [4.78, 5) is 53.4. The molecule has 0 saturated carbocycles. The minimum absolute atomic E-state index is 0.251. The monoisotopic (exact) mass is 555 g/mol. The first-order valence-corrected chi connectivity index (χ1v) is 12.5. The van der Waals surface area contributed by atoms with Crippen LogP contribution in [-0.4, -0.2) is 23.4 Å². The Morgan fingerprint density at radius 3 is 2.24 bits per heavy atom. The number of rotatable bonds is 6. The molecule has 0 bridgehead atoms. The van der Waals surface area contributed by atoms with Gasteiger partial charge in [0.2, 0.25) is 5.78 Å². The summed E-state index contributed by atoms with van der Waals surface area (Å²) in [6.45, 7) is 3.62. The van der Waals surface area contributed by atoms with E-state index in [9.17, 15) is 19.2 Å². The van der Waals surface area contributed by atoms with Gasteiger partial charge in [0, 0.05) is 21.3 Å². The molecule has 2 atom stereocenters. The van der Waals surface area contributed by atoms with Gasteiger partial charge in [-0.2, -0.15) is 0 Å². The van der Waals surface area contributed by atoms with Gasteiger partial charge in [-0.3, -0.25) is 14.4 Å². The molecule has 0 aromatic heterocycles. The second-order valence-corrected chi connectivity index (χ2v) is 9.97. The molecular formula is C30H22BrNO5. The largest absolute Gasteiger partial charge is 0.453 e. The summed E-state index contributed by atoms with van der Waals surface area (Å²) in [6, 6.07) is 22.8. The number of amides is 1. The Kier molecular flexibility index (Phi) is 6.48. The fourth-order valence-electron chi connectivity index (χ4n) is 4.76. The summed E-state index contributed by atoms with van der Waals surface area (Å²) < 4.78 is 6.38. The van der Waals surface area contributed by atoms with Gasteiger partial charge >= 0.3 is 5.97 Å². The highest BCUT2D eigenvalue weighted by Crippen LogP contribution is 2.38. The van der Waals surface area contributed by atoms with Crippen molar-refractivity contribution in [2.45, 2.75) is 20.0 Å². The molecule has 4 aromatic carbocycles. The van der Waals surface area contributed by atoms with Crippen LogP contribution in [0.4, 0.5) is 5.69 Å². The number of hydrogen-bond donors (Lipinski definition) is 1. The van der Waals surface area contributed by atoms with Crippen molar-refractivity contribution >= 4 is 55.8 Å². The average Bonchev–Trinajstić information content (AvgIpc) is 3.21. The molecule has 6 nitrogen and oxygen atoms in total. The van der Waals surface area contributed by atoms with Gasteiger partial charge in [-0.1, -0.05) is 70.5 Å². The van der Waals surface area contributed by atoms with E-state index in [1.165, 1.54) is 0 Å². The number of ether oxygens (including phenoxy) is 1. The van der Waals surface area contributed by atoms with Crippen molar-refractivity contribution in [3.63, 3.8) is 0 Å². The zero-order valence-electron chi connectivity index (χ0n) is 20.1. The third kappa shape index (κ3) is 4.58. The Morgan fingerprint density at radius 1 is 0.865 bits per heavy atom. The van der Waals surface area contributed by atoms with Crippen LogP contribution in [0.15, 0.2) is 83.3 Å². The molecule has 5 rings (SSSR count). The molecule has 1 amide bonds. The molecule has 1 aliphatic rings. The van der Waals surface area contributed by atoms with Gasteiger partial charge in [0.1, 0.15) is 12.0 Å². The van der Waals surface area contributed by atoms with Crippen molar-refractivity contribution in [2.24, 2.45) is 5.92 Å². The van der Waals surface area contributed by atoms with E-state index in [0.717, 1.165) is 26.4 Å². The second kappa shape index (κ2) is 9.75. The molecule has 0 fully saturated rings. The lowest BCUT2D eigenvalue weighted by Crippen LogP contribution is -2.38. The van der Waals surface area contributed by atoms with Crippen molar-refractivity contribution in [3.05, 3.63) is 111 Å². The molecule has 0 radical (unpaired) electrons. The maximum Gasteiger partial charge on any atom is 0.339 e. The number of fused-ring (bicyclic) bond motifs is 2. The third-order valence-corrected chi connectivity index (χ3v) is 7.04. The van der Waals surface area contributed by atoms with Gasteiger partial charge in [0.15, 0.2) is 5.78 Å². The zero-order chi connectivity index (χ0) is 26.3. The van der Waals surface area contributed by atoms with Crippen LogP contribution in [0.5, 0.6) is 0 Å². The molecule has 0 spiro atoms. The van der Waals surface area contributed by atoms with Crippen LogP contribution in [0, 0.1) is 19.8 Å². The molecule has 1 N–H and O–H groups in total. The molecule has 37 heavy (non-hydrogen) atoms. The lowest BCUT2D eigenvalue weighted by molar-refractivity contribution is -0.138. The number of Topliss-reactive ketones (excluding diaryl/α,β-unsaturated/α-hetero) is 2. The predicted molar refractivity (Wildman–Crippen MR) is 144 cm³/mol. The molecule has 0 aliphatic carbocycles. The Morgan fingerprint density at radius 2 is 1.51 bits per heavy atom. The fourth-order valence-corrected chi connectivity index (χ4v) is 5.45. The summed E-state index contributed by atoms with van der Waals surface area (Å²) in [5, 5.41) is 4.42. The molecule has 4 aromatic rings. The lowest BCUT2D eigenvalue weighted by Gasteiger charge is -2.22. The number of anilines is 1. The highest BCUT2D eigenvalue weighted by Gasteiger charge is 2.46. The number of cyclic esters (lactones) is 1. The first-order chi connectivity index (χ1) is 17.7. The first-order valence-electron chi connectivity index (χ1n) is 11.7. The molecule has 1 aliphatic heterocycles. The summed E-state index contributed by atoms with van der Waals surface area (Å²) in [5.74, 6) is -4.71. The van der Waals surface area contributed by atoms with Crippen LogP contribution >= 0.6 is 15.9 Å². The third-order valence-electron chi connectivity index (χ3n) is 6.58. The van der Waals surface area contributed by atoms with Gasteiger partial charge in [0.05, 0.1) is 5.56 Å². The Labute approximate surface area is 221 Å². The van der Waals surface area contributed by atoms with Crippen LogP contribution < -0.4 is 5.32 Å².